The van der Waals surface area contributed by atoms with Gasteiger partial charge in [-0.15, -0.1) is 0 Å². The van der Waals surface area contributed by atoms with E-state index in [1.54, 1.807) is 11.1 Å². The number of allylic oxidation sites excluding steroid dienone is 4. The second-order valence-corrected chi connectivity index (χ2v) is 3.87. The van der Waals surface area contributed by atoms with Crippen molar-refractivity contribution in [1.82, 2.24) is 0 Å². The van der Waals surface area contributed by atoms with Crippen molar-refractivity contribution in [1.29, 1.82) is 0 Å². The molecule has 0 fully saturated rings. The Labute approximate surface area is 87.0 Å². The Kier molecular flexibility index (Phi) is 5.57. The van der Waals surface area contributed by atoms with Gasteiger partial charge < -0.3 is 11.5 Å². The molecule has 0 spiro atoms. The summed E-state index contributed by atoms with van der Waals surface area (Å²) in [5.41, 5.74) is 13.3. The van der Waals surface area contributed by atoms with Crippen LogP contribution in [0.5, 0.6) is 0 Å². The van der Waals surface area contributed by atoms with E-state index in [0.717, 1.165) is 0 Å². The molecule has 0 aromatic heterocycles. The van der Waals surface area contributed by atoms with Gasteiger partial charge in [-0.1, -0.05) is 23.3 Å². The van der Waals surface area contributed by atoms with Crippen molar-refractivity contribution in [3.63, 3.8) is 0 Å². The fourth-order valence-corrected chi connectivity index (χ4v) is 1.97. The maximum atomic E-state index is 4.90. The summed E-state index contributed by atoms with van der Waals surface area (Å²) in [6, 6.07) is 0. The predicted molar refractivity (Wildman–Crippen MR) is 62.0 cm³/mol. The number of nitrogens with two attached hydrogens (primary N) is 2. The van der Waals surface area contributed by atoms with Gasteiger partial charge in [0.05, 0.1) is 0 Å². The summed E-state index contributed by atoms with van der Waals surface area (Å²) >= 11 is 0. The van der Waals surface area contributed by atoms with Crippen LogP contribution in [0.15, 0.2) is 23.3 Å². The van der Waals surface area contributed by atoms with Crippen molar-refractivity contribution in [2.75, 3.05) is 13.1 Å². The van der Waals surface area contributed by atoms with E-state index in [4.69, 9.17) is 11.5 Å². The van der Waals surface area contributed by atoms with Gasteiger partial charge in [0.15, 0.2) is 0 Å². The lowest BCUT2D eigenvalue weighted by atomic mass is 9.85. The Balaban J connectivity index is 0.000000213. The Morgan fingerprint density at radius 3 is 1.64 bits per heavy atom. The van der Waals surface area contributed by atoms with Gasteiger partial charge in [-0.2, -0.15) is 0 Å². The third-order valence-corrected chi connectivity index (χ3v) is 2.77. The lowest BCUT2D eigenvalue weighted by molar-refractivity contribution is 0.646. The second-order valence-electron chi connectivity index (χ2n) is 3.87. The Morgan fingerprint density at radius 2 is 1.29 bits per heavy atom. The molecule has 0 saturated heterocycles. The first kappa shape index (κ1) is 11.5. The van der Waals surface area contributed by atoms with E-state index in [-0.39, 0.29) is 0 Å². The topological polar surface area (TPSA) is 52.0 Å². The zero-order valence-corrected chi connectivity index (χ0v) is 8.97. The quantitative estimate of drug-likeness (QED) is 0.628. The SMILES string of the molecule is C1=CCC2=C(C1)CCCC2.NCCN. The van der Waals surface area contributed by atoms with Crippen molar-refractivity contribution >= 4 is 0 Å². The standard InChI is InChI=1S/C10H14.C2H8N2/c1-2-6-10-8-4-3-7-9(10)5-1;3-1-2-4/h1-2H,3-8H2;1-4H2. The van der Waals surface area contributed by atoms with Crippen LogP contribution in [-0.2, 0) is 0 Å². The first-order valence-corrected chi connectivity index (χ1v) is 5.63. The molecule has 2 heteroatoms. The molecule has 2 aliphatic carbocycles. The Morgan fingerprint density at radius 1 is 0.857 bits per heavy atom. The highest BCUT2D eigenvalue weighted by Gasteiger charge is 2.12. The largest absolute Gasteiger partial charge is 0.329 e. The summed E-state index contributed by atoms with van der Waals surface area (Å²) in [5.74, 6) is 0. The number of hydrogen-bond acceptors (Lipinski definition) is 2. The highest BCUT2D eigenvalue weighted by molar-refractivity contribution is 5.25. The summed E-state index contributed by atoms with van der Waals surface area (Å²) < 4.78 is 0. The average Bonchev–Trinajstić information content (AvgIpc) is 2.30. The maximum absolute atomic E-state index is 4.90. The van der Waals surface area contributed by atoms with E-state index in [2.05, 4.69) is 12.2 Å². The number of hydrogen-bond donors (Lipinski definition) is 2. The van der Waals surface area contributed by atoms with Crippen LogP contribution in [0.25, 0.3) is 0 Å². The van der Waals surface area contributed by atoms with Gasteiger partial charge in [-0.05, 0) is 38.5 Å². The molecule has 0 radical (unpaired) electrons. The van der Waals surface area contributed by atoms with Crippen molar-refractivity contribution < 1.29 is 0 Å². The molecule has 14 heavy (non-hydrogen) atoms. The molecule has 2 aliphatic rings. The molecule has 2 nitrogen and oxygen atoms in total. The van der Waals surface area contributed by atoms with Gasteiger partial charge in [0, 0.05) is 13.1 Å². The first-order valence-electron chi connectivity index (χ1n) is 5.63. The van der Waals surface area contributed by atoms with E-state index in [1.165, 1.54) is 38.5 Å². The smallest absolute Gasteiger partial charge is 0.00461 e. The monoisotopic (exact) mass is 194 g/mol. The van der Waals surface area contributed by atoms with Crippen LogP contribution in [0.4, 0.5) is 0 Å². The minimum absolute atomic E-state index is 0.597. The average molecular weight is 194 g/mol. The summed E-state index contributed by atoms with van der Waals surface area (Å²) in [7, 11) is 0. The summed E-state index contributed by atoms with van der Waals surface area (Å²) in [4.78, 5) is 0. The van der Waals surface area contributed by atoms with Gasteiger partial charge in [0.2, 0.25) is 0 Å². The lowest BCUT2D eigenvalue weighted by Crippen LogP contribution is -2.11. The minimum Gasteiger partial charge on any atom is -0.329 e. The van der Waals surface area contributed by atoms with Gasteiger partial charge in [-0.25, -0.2) is 0 Å². The van der Waals surface area contributed by atoms with Crippen LogP contribution in [0.2, 0.25) is 0 Å². The van der Waals surface area contributed by atoms with E-state index in [0.29, 0.717) is 13.1 Å². The predicted octanol–water partition coefficient (Wildman–Crippen LogP) is 2.11. The zero-order valence-electron chi connectivity index (χ0n) is 8.97. The first-order chi connectivity index (χ1) is 6.88. The molecule has 2 rings (SSSR count). The molecule has 0 aromatic carbocycles. The molecule has 0 amide bonds. The molecule has 80 valence electrons. The van der Waals surface area contributed by atoms with E-state index >= 15 is 0 Å². The van der Waals surface area contributed by atoms with Crippen molar-refractivity contribution in [3.05, 3.63) is 23.3 Å². The van der Waals surface area contributed by atoms with Crippen LogP contribution in [-0.4, -0.2) is 13.1 Å². The van der Waals surface area contributed by atoms with Crippen LogP contribution in [0.3, 0.4) is 0 Å². The highest BCUT2D eigenvalue weighted by Crippen LogP contribution is 2.31. The highest BCUT2D eigenvalue weighted by atomic mass is 14.6. The van der Waals surface area contributed by atoms with E-state index in [9.17, 15) is 0 Å². The summed E-state index contributed by atoms with van der Waals surface area (Å²) in [5, 5.41) is 0. The van der Waals surface area contributed by atoms with Crippen molar-refractivity contribution in [2.45, 2.75) is 38.5 Å². The molecule has 0 saturated carbocycles. The maximum Gasteiger partial charge on any atom is 0.00461 e. The van der Waals surface area contributed by atoms with E-state index in [1.807, 2.05) is 0 Å². The number of rotatable bonds is 1. The zero-order chi connectivity index (χ0) is 10.2. The summed E-state index contributed by atoms with van der Waals surface area (Å²) in [6.45, 7) is 1.19. The molecule has 0 heterocycles. The van der Waals surface area contributed by atoms with Gasteiger partial charge >= 0.3 is 0 Å². The minimum atomic E-state index is 0.597. The molecule has 0 aromatic rings. The third-order valence-electron chi connectivity index (χ3n) is 2.77. The second kappa shape index (κ2) is 6.80. The Bertz CT molecular complexity index is 194. The lowest BCUT2D eigenvalue weighted by Gasteiger charge is -2.21. The molecular weight excluding hydrogens is 172 g/mol. The molecule has 0 bridgehead atoms. The molecule has 4 N–H and O–H groups in total. The van der Waals surface area contributed by atoms with Crippen molar-refractivity contribution in [3.8, 4) is 0 Å². The molecular formula is C12H22N2. The van der Waals surface area contributed by atoms with Crippen LogP contribution >= 0.6 is 0 Å². The molecule has 0 aliphatic heterocycles. The van der Waals surface area contributed by atoms with Gasteiger partial charge in [0.1, 0.15) is 0 Å². The van der Waals surface area contributed by atoms with Crippen LogP contribution in [0.1, 0.15) is 38.5 Å². The fraction of sp³-hybridized carbons (Fsp3) is 0.667. The van der Waals surface area contributed by atoms with Crippen LogP contribution in [0, 0.1) is 0 Å². The van der Waals surface area contributed by atoms with Gasteiger partial charge in [-0.3, -0.25) is 0 Å². The van der Waals surface area contributed by atoms with Crippen molar-refractivity contribution in [2.24, 2.45) is 11.5 Å². The molecule has 0 unspecified atom stereocenters. The fourth-order valence-electron chi connectivity index (χ4n) is 1.97. The third kappa shape index (κ3) is 3.64. The van der Waals surface area contributed by atoms with Crippen LogP contribution < -0.4 is 11.5 Å². The van der Waals surface area contributed by atoms with Gasteiger partial charge in [0.25, 0.3) is 0 Å². The Hall–Kier alpha value is -0.600. The van der Waals surface area contributed by atoms with E-state index < -0.39 is 0 Å². The molecule has 0 atom stereocenters. The normalized spacial score (nSPS) is 19.9. The summed E-state index contributed by atoms with van der Waals surface area (Å²) in [6.07, 6.45) is 12.8.